The second-order valence-corrected chi connectivity index (χ2v) is 7.11. The summed E-state index contributed by atoms with van der Waals surface area (Å²) < 4.78 is 6.94. The van der Waals surface area contributed by atoms with Crippen molar-refractivity contribution in [2.24, 2.45) is 0 Å². The first kappa shape index (κ1) is 18.9. The lowest BCUT2D eigenvalue weighted by molar-refractivity contribution is 0.0698. The molecule has 0 bridgehead atoms. The second kappa shape index (κ2) is 7.86. The highest BCUT2D eigenvalue weighted by Crippen LogP contribution is 2.18. The van der Waals surface area contributed by atoms with Gasteiger partial charge in [-0.25, -0.2) is 14.6 Å². The number of piperidine rings is 1. The van der Waals surface area contributed by atoms with Crippen LogP contribution >= 0.6 is 0 Å². The molecule has 1 saturated heterocycles. The molecule has 0 aromatic carbocycles. The Hall–Kier alpha value is -3.49. The number of nitrogens with zero attached hydrogens (tertiary/aromatic N) is 5. The number of carbonyl (C=O) groups is 2. The van der Waals surface area contributed by atoms with Crippen LogP contribution in [-0.2, 0) is 0 Å². The molecule has 0 unspecified atom stereocenters. The molecule has 9 nitrogen and oxygen atoms in total. The average molecular weight is 394 g/mol. The molecule has 9 heteroatoms. The van der Waals surface area contributed by atoms with Crippen LogP contribution < -0.4 is 5.32 Å². The number of carbonyl (C=O) groups excluding carboxylic acids is 2. The Bertz CT molecular complexity index is 1020. The van der Waals surface area contributed by atoms with Crippen molar-refractivity contribution in [1.29, 1.82) is 0 Å². The maximum Gasteiger partial charge on any atom is 0.255 e. The van der Waals surface area contributed by atoms with Crippen molar-refractivity contribution in [3.05, 3.63) is 59.7 Å². The molecule has 0 atom stereocenters. The molecule has 0 radical (unpaired) electrons. The highest BCUT2D eigenvalue weighted by Gasteiger charge is 2.26. The number of aryl methyl sites for hydroxylation is 2. The van der Waals surface area contributed by atoms with E-state index in [4.69, 9.17) is 4.42 Å². The van der Waals surface area contributed by atoms with E-state index in [1.165, 1.54) is 17.3 Å². The van der Waals surface area contributed by atoms with Gasteiger partial charge in [0.2, 0.25) is 0 Å². The van der Waals surface area contributed by atoms with Crippen LogP contribution in [0.2, 0.25) is 0 Å². The van der Waals surface area contributed by atoms with Gasteiger partial charge in [-0.1, -0.05) is 0 Å². The molecule has 29 heavy (non-hydrogen) atoms. The molecule has 1 N–H and O–H groups in total. The number of amides is 2. The summed E-state index contributed by atoms with van der Waals surface area (Å²) in [6, 6.07) is 5.18. The number of aromatic nitrogens is 4. The SMILES string of the molecule is Cc1cc(C(=O)NC2CCN(C(=O)c3ccnc(-n4cncn4)c3)CC2)c(C)o1. The second-order valence-electron chi connectivity index (χ2n) is 7.11. The van der Waals surface area contributed by atoms with Crippen molar-refractivity contribution in [2.45, 2.75) is 32.7 Å². The number of hydrogen-bond donors (Lipinski definition) is 1. The van der Waals surface area contributed by atoms with Gasteiger partial charge in [-0.3, -0.25) is 9.59 Å². The molecular weight excluding hydrogens is 372 g/mol. The number of likely N-dealkylation sites (tertiary alicyclic amines) is 1. The summed E-state index contributed by atoms with van der Waals surface area (Å²) in [4.78, 5) is 35.3. The zero-order chi connectivity index (χ0) is 20.4. The summed E-state index contributed by atoms with van der Waals surface area (Å²) in [7, 11) is 0. The average Bonchev–Trinajstić information content (AvgIpc) is 3.38. The van der Waals surface area contributed by atoms with Crippen LogP contribution in [0.4, 0.5) is 0 Å². The third-order valence-electron chi connectivity index (χ3n) is 5.05. The van der Waals surface area contributed by atoms with Crippen LogP contribution in [-0.4, -0.2) is 55.6 Å². The third kappa shape index (κ3) is 4.03. The van der Waals surface area contributed by atoms with E-state index in [9.17, 15) is 9.59 Å². The van der Waals surface area contributed by atoms with Gasteiger partial charge in [0.15, 0.2) is 5.82 Å². The van der Waals surface area contributed by atoms with E-state index in [2.05, 4.69) is 20.4 Å². The van der Waals surface area contributed by atoms with Crippen molar-refractivity contribution in [3.8, 4) is 5.82 Å². The Morgan fingerprint density at radius 2 is 2.00 bits per heavy atom. The Morgan fingerprint density at radius 1 is 1.21 bits per heavy atom. The number of pyridine rings is 1. The fraction of sp³-hybridized carbons (Fsp3) is 0.350. The van der Waals surface area contributed by atoms with Gasteiger partial charge in [-0.2, -0.15) is 5.10 Å². The topological polar surface area (TPSA) is 106 Å². The predicted octanol–water partition coefficient (Wildman–Crippen LogP) is 1.91. The van der Waals surface area contributed by atoms with E-state index in [0.29, 0.717) is 48.6 Å². The van der Waals surface area contributed by atoms with Gasteiger partial charge in [0.05, 0.1) is 5.56 Å². The highest BCUT2D eigenvalue weighted by atomic mass is 16.3. The molecule has 0 saturated carbocycles. The Kier molecular flexibility index (Phi) is 5.11. The molecule has 150 valence electrons. The van der Waals surface area contributed by atoms with Gasteiger partial charge in [-0.05, 0) is 44.9 Å². The Labute approximate surface area is 167 Å². The van der Waals surface area contributed by atoms with Gasteiger partial charge in [0, 0.05) is 30.9 Å². The van der Waals surface area contributed by atoms with Gasteiger partial charge in [-0.15, -0.1) is 0 Å². The third-order valence-corrected chi connectivity index (χ3v) is 5.05. The summed E-state index contributed by atoms with van der Waals surface area (Å²) in [5.41, 5.74) is 1.12. The lowest BCUT2D eigenvalue weighted by Crippen LogP contribution is -2.46. The molecule has 0 aliphatic carbocycles. The monoisotopic (exact) mass is 394 g/mol. The molecule has 4 heterocycles. The zero-order valence-electron chi connectivity index (χ0n) is 16.3. The minimum Gasteiger partial charge on any atom is -0.466 e. The quantitative estimate of drug-likeness (QED) is 0.724. The summed E-state index contributed by atoms with van der Waals surface area (Å²) in [6.45, 7) is 4.76. The molecule has 1 fully saturated rings. The molecule has 1 aliphatic rings. The van der Waals surface area contributed by atoms with Gasteiger partial charge >= 0.3 is 0 Å². The zero-order valence-corrected chi connectivity index (χ0v) is 16.3. The van der Waals surface area contributed by atoms with Crippen molar-refractivity contribution in [3.63, 3.8) is 0 Å². The molecule has 3 aromatic heterocycles. The standard InChI is InChI=1S/C20H22N6O3/c1-13-9-17(14(2)29-13)19(27)24-16-4-7-25(8-5-16)20(28)15-3-6-22-18(10-15)26-12-21-11-23-26/h3,6,9-12,16H,4-5,7-8H2,1-2H3,(H,24,27). The van der Waals surface area contributed by atoms with E-state index in [0.717, 1.165) is 5.76 Å². The van der Waals surface area contributed by atoms with E-state index in [1.807, 2.05) is 6.92 Å². The molecule has 3 aromatic rings. The Morgan fingerprint density at radius 3 is 2.66 bits per heavy atom. The van der Waals surface area contributed by atoms with Gasteiger partial charge in [0.1, 0.15) is 24.2 Å². The van der Waals surface area contributed by atoms with Crippen molar-refractivity contribution in [2.75, 3.05) is 13.1 Å². The Balaban J connectivity index is 1.36. The number of rotatable bonds is 4. The fourth-order valence-electron chi connectivity index (χ4n) is 3.53. The highest BCUT2D eigenvalue weighted by molar-refractivity contribution is 5.96. The van der Waals surface area contributed by atoms with E-state index >= 15 is 0 Å². The van der Waals surface area contributed by atoms with E-state index < -0.39 is 0 Å². The summed E-state index contributed by atoms with van der Waals surface area (Å²) in [6.07, 6.45) is 5.95. The number of furan rings is 1. The van der Waals surface area contributed by atoms with E-state index in [1.54, 1.807) is 36.2 Å². The first-order valence-electron chi connectivity index (χ1n) is 9.49. The van der Waals surface area contributed by atoms with Gasteiger partial charge in [0.25, 0.3) is 11.8 Å². The molecule has 4 rings (SSSR count). The van der Waals surface area contributed by atoms with Crippen molar-refractivity contribution < 1.29 is 14.0 Å². The maximum absolute atomic E-state index is 12.9. The van der Waals surface area contributed by atoms with Crippen LogP contribution in [0, 0.1) is 13.8 Å². The van der Waals surface area contributed by atoms with Crippen LogP contribution in [0.3, 0.4) is 0 Å². The number of nitrogens with one attached hydrogen (secondary N) is 1. The van der Waals surface area contributed by atoms with Gasteiger partial charge < -0.3 is 14.6 Å². The summed E-state index contributed by atoms with van der Waals surface area (Å²) in [5, 5.41) is 7.09. The number of hydrogen-bond acceptors (Lipinski definition) is 6. The van der Waals surface area contributed by atoms with Crippen molar-refractivity contribution in [1.82, 2.24) is 30.0 Å². The van der Waals surface area contributed by atoms with E-state index in [-0.39, 0.29) is 17.9 Å². The minimum atomic E-state index is -0.129. The van der Waals surface area contributed by atoms with Crippen molar-refractivity contribution >= 4 is 11.8 Å². The predicted molar refractivity (Wildman–Crippen MR) is 104 cm³/mol. The maximum atomic E-state index is 12.9. The first-order valence-corrected chi connectivity index (χ1v) is 9.49. The molecule has 1 aliphatic heterocycles. The lowest BCUT2D eigenvalue weighted by Gasteiger charge is -2.32. The molecular formula is C20H22N6O3. The van der Waals surface area contributed by atoms with Crippen LogP contribution in [0.5, 0.6) is 0 Å². The summed E-state index contributed by atoms with van der Waals surface area (Å²) >= 11 is 0. The fourth-order valence-corrected chi connectivity index (χ4v) is 3.53. The van der Waals surface area contributed by atoms with Crippen LogP contribution in [0.25, 0.3) is 5.82 Å². The van der Waals surface area contributed by atoms with Crippen LogP contribution in [0.15, 0.2) is 41.5 Å². The molecule has 0 spiro atoms. The summed E-state index contributed by atoms with van der Waals surface area (Å²) in [5.74, 6) is 1.70. The minimum absolute atomic E-state index is 0.0318. The van der Waals surface area contributed by atoms with Crippen LogP contribution in [0.1, 0.15) is 45.1 Å². The molecule has 2 amide bonds. The smallest absolute Gasteiger partial charge is 0.255 e. The normalized spacial score (nSPS) is 14.8. The lowest BCUT2D eigenvalue weighted by atomic mass is 10.0. The first-order chi connectivity index (χ1) is 14.0. The largest absolute Gasteiger partial charge is 0.466 e.